The molecule has 2 saturated carbocycles. The van der Waals surface area contributed by atoms with Crippen molar-refractivity contribution in [1.82, 2.24) is 4.90 Å². The van der Waals surface area contributed by atoms with Crippen LogP contribution in [0, 0.1) is 5.41 Å². The summed E-state index contributed by atoms with van der Waals surface area (Å²) < 4.78 is 5.06. The Morgan fingerprint density at radius 3 is 2.71 bits per heavy atom. The second kappa shape index (κ2) is 4.16. The average Bonchev–Trinajstić information content (AvgIpc) is 2.93. The molecule has 4 heteroatoms. The second-order valence-electron chi connectivity index (χ2n) is 5.82. The van der Waals surface area contributed by atoms with E-state index < -0.39 is 0 Å². The van der Waals surface area contributed by atoms with Gasteiger partial charge in [0.2, 0.25) is 0 Å². The van der Waals surface area contributed by atoms with Gasteiger partial charge in [0, 0.05) is 6.04 Å². The van der Waals surface area contributed by atoms with Crippen LogP contribution < -0.4 is 0 Å². The fourth-order valence-corrected chi connectivity index (χ4v) is 4.05. The molecule has 17 heavy (non-hydrogen) atoms. The van der Waals surface area contributed by atoms with Gasteiger partial charge < -0.3 is 14.7 Å². The molecule has 1 amide bonds. The number of amides is 1. The van der Waals surface area contributed by atoms with E-state index in [4.69, 9.17) is 4.74 Å². The molecule has 3 fully saturated rings. The Kier molecular flexibility index (Phi) is 2.77. The number of ether oxygens (including phenoxy) is 1. The molecule has 0 aromatic heterocycles. The molecule has 4 nitrogen and oxygen atoms in total. The molecule has 1 aliphatic heterocycles. The van der Waals surface area contributed by atoms with Crippen LogP contribution >= 0.6 is 0 Å². The molecule has 2 unspecified atom stereocenters. The standard InChI is InChI=1S/C13H21NO3/c15-10-3-6-13(4-1-2-5-13)11(9-10)14-7-8-17-12(14)16/h10-11,15H,1-9H2. The van der Waals surface area contributed by atoms with Crippen LogP contribution in [0.15, 0.2) is 0 Å². The van der Waals surface area contributed by atoms with Crippen molar-refractivity contribution < 1.29 is 14.6 Å². The van der Waals surface area contributed by atoms with Gasteiger partial charge in [-0.2, -0.15) is 0 Å². The first-order valence-corrected chi connectivity index (χ1v) is 6.83. The number of carbonyl (C=O) groups is 1. The highest BCUT2D eigenvalue weighted by atomic mass is 16.6. The Morgan fingerprint density at radius 1 is 1.29 bits per heavy atom. The van der Waals surface area contributed by atoms with Gasteiger partial charge in [-0.15, -0.1) is 0 Å². The first-order chi connectivity index (χ1) is 8.21. The Hall–Kier alpha value is -0.770. The molecule has 0 bridgehead atoms. The molecule has 1 saturated heterocycles. The zero-order chi connectivity index (χ0) is 11.9. The van der Waals surface area contributed by atoms with Crippen molar-refractivity contribution in [2.45, 2.75) is 57.1 Å². The normalized spacial score (nSPS) is 36.5. The third-order valence-electron chi connectivity index (χ3n) is 4.95. The number of aliphatic hydroxyl groups is 1. The molecule has 1 heterocycles. The minimum Gasteiger partial charge on any atom is -0.448 e. The van der Waals surface area contributed by atoms with E-state index in [9.17, 15) is 9.90 Å². The molecule has 96 valence electrons. The van der Waals surface area contributed by atoms with E-state index in [0.717, 1.165) is 19.3 Å². The number of aliphatic hydroxyl groups excluding tert-OH is 1. The summed E-state index contributed by atoms with van der Waals surface area (Å²) in [4.78, 5) is 13.6. The summed E-state index contributed by atoms with van der Waals surface area (Å²) >= 11 is 0. The number of hydrogen-bond donors (Lipinski definition) is 1. The second-order valence-corrected chi connectivity index (χ2v) is 5.82. The molecular formula is C13H21NO3. The topological polar surface area (TPSA) is 49.8 Å². The van der Waals surface area contributed by atoms with Crippen LogP contribution in [0.5, 0.6) is 0 Å². The summed E-state index contributed by atoms with van der Waals surface area (Å²) in [5, 5.41) is 9.89. The summed E-state index contributed by atoms with van der Waals surface area (Å²) in [7, 11) is 0. The van der Waals surface area contributed by atoms with Gasteiger partial charge in [0.25, 0.3) is 0 Å². The smallest absolute Gasteiger partial charge is 0.410 e. The predicted octanol–water partition coefficient (Wildman–Crippen LogP) is 1.91. The van der Waals surface area contributed by atoms with Gasteiger partial charge >= 0.3 is 6.09 Å². The summed E-state index contributed by atoms with van der Waals surface area (Å²) in [6.45, 7) is 1.22. The van der Waals surface area contributed by atoms with E-state index in [2.05, 4.69) is 0 Å². The molecule has 0 radical (unpaired) electrons. The van der Waals surface area contributed by atoms with Crippen molar-refractivity contribution in [2.24, 2.45) is 5.41 Å². The lowest BCUT2D eigenvalue weighted by atomic mass is 9.67. The minimum atomic E-state index is -0.236. The highest BCUT2D eigenvalue weighted by Crippen LogP contribution is 2.51. The van der Waals surface area contributed by atoms with Crippen molar-refractivity contribution in [2.75, 3.05) is 13.2 Å². The lowest BCUT2D eigenvalue weighted by Crippen LogP contribution is -2.52. The number of hydrogen-bond acceptors (Lipinski definition) is 3. The maximum Gasteiger partial charge on any atom is 0.410 e. The number of cyclic esters (lactones) is 1. The van der Waals surface area contributed by atoms with Gasteiger partial charge in [0.05, 0.1) is 12.6 Å². The van der Waals surface area contributed by atoms with Gasteiger partial charge in [-0.05, 0) is 37.5 Å². The van der Waals surface area contributed by atoms with Crippen molar-refractivity contribution in [1.29, 1.82) is 0 Å². The molecule has 1 spiro atoms. The fourth-order valence-electron chi connectivity index (χ4n) is 4.05. The Morgan fingerprint density at radius 2 is 2.06 bits per heavy atom. The Balaban J connectivity index is 1.84. The van der Waals surface area contributed by atoms with E-state index >= 15 is 0 Å². The van der Waals surface area contributed by atoms with E-state index in [1.807, 2.05) is 4.90 Å². The van der Waals surface area contributed by atoms with E-state index in [0.29, 0.717) is 13.2 Å². The van der Waals surface area contributed by atoms with Crippen LogP contribution in [-0.2, 0) is 4.74 Å². The Labute approximate surface area is 102 Å². The third kappa shape index (κ3) is 1.82. The highest BCUT2D eigenvalue weighted by Gasteiger charge is 2.49. The van der Waals surface area contributed by atoms with Crippen molar-refractivity contribution in [3.05, 3.63) is 0 Å². The fraction of sp³-hybridized carbons (Fsp3) is 0.923. The van der Waals surface area contributed by atoms with Gasteiger partial charge in [-0.1, -0.05) is 12.8 Å². The molecule has 2 atom stereocenters. The molecule has 3 aliphatic rings. The maximum absolute atomic E-state index is 11.7. The minimum absolute atomic E-state index is 0.171. The quantitative estimate of drug-likeness (QED) is 0.760. The summed E-state index contributed by atoms with van der Waals surface area (Å²) in [6, 6.07) is 0.212. The maximum atomic E-state index is 11.7. The van der Waals surface area contributed by atoms with Crippen molar-refractivity contribution in [3.63, 3.8) is 0 Å². The van der Waals surface area contributed by atoms with Gasteiger partial charge in [-0.25, -0.2) is 4.79 Å². The first kappa shape index (κ1) is 11.3. The zero-order valence-electron chi connectivity index (χ0n) is 10.2. The van der Waals surface area contributed by atoms with E-state index in [1.54, 1.807) is 0 Å². The molecule has 1 N–H and O–H groups in total. The van der Waals surface area contributed by atoms with Crippen LogP contribution in [0.4, 0.5) is 4.79 Å². The van der Waals surface area contributed by atoms with E-state index in [1.165, 1.54) is 25.7 Å². The predicted molar refractivity (Wildman–Crippen MR) is 62.6 cm³/mol. The third-order valence-corrected chi connectivity index (χ3v) is 4.95. The number of carbonyl (C=O) groups excluding carboxylic acids is 1. The van der Waals surface area contributed by atoms with Crippen molar-refractivity contribution in [3.8, 4) is 0 Å². The van der Waals surface area contributed by atoms with Crippen molar-refractivity contribution >= 4 is 6.09 Å². The molecular weight excluding hydrogens is 218 g/mol. The molecule has 2 aliphatic carbocycles. The highest BCUT2D eigenvalue weighted by molar-refractivity contribution is 5.70. The first-order valence-electron chi connectivity index (χ1n) is 6.83. The lowest BCUT2D eigenvalue weighted by Gasteiger charge is -2.46. The largest absolute Gasteiger partial charge is 0.448 e. The SMILES string of the molecule is O=C1OCCN1C1CC(O)CCC12CCCC2. The van der Waals surface area contributed by atoms with Gasteiger partial charge in [0.1, 0.15) is 6.61 Å². The lowest BCUT2D eigenvalue weighted by molar-refractivity contribution is -0.00666. The zero-order valence-corrected chi connectivity index (χ0v) is 10.2. The average molecular weight is 239 g/mol. The van der Waals surface area contributed by atoms with Gasteiger partial charge in [-0.3, -0.25) is 0 Å². The number of nitrogens with zero attached hydrogens (tertiary/aromatic N) is 1. The molecule has 3 rings (SSSR count). The van der Waals surface area contributed by atoms with Crippen LogP contribution in [-0.4, -0.2) is 41.4 Å². The Bertz CT molecular complexity index is 312. The van der Waals surface area contributed by atoms with Crippen LogP contribution in [0.25, 0.3) is 0 Å². The summed E-state index contributed by atoms with van der Waals surface area (Å²) in [5.74, 6) is 0. The summed E-state index contributed by atoms with van der Waals surface area (Å²) in [5.41, 5.74) is 0.280. The summed E-state index contributed by atoms with van der Waals surface area (Å²) in [6.07, 6.45) is 7.29. The monoisotopic (exact) mass is 239 g/mol. The number of rotatable bonds is 1. The van der Waals surface area contributed by atoms with E-state index in [-0.39, 0.29) is 23.7 Å². The molecule has 0 aromatic rings. The van der Waals surface area contributed by atoms with Gasteiger partial charge in [0.15, 0.2) is 0 Å². The molecule has 0 aromatic carbocycles. The van der Waals surface area contributed by atoms with Crippen LogP contribution in [0.1, 0.15) is 44.9 Å². The van der Waals surface area contributed by atoms with Crippen LogP contribution in [0.2, 0.25) is 0 Å². The van der Waals surface area contributed by atoms with Crippen LogP contribution in [0.3, 0.4) is 0 Å².